The van der Waals surface area contributed by atoms with Gasteiger partial charge >= 0.3 is 0 Å². The van der Waals surface area contributed by atoms with E-state index in [2.05, 4.69) is 25.1 Å². The monoisotopic (exact) mass is 262 g/mol. The smallest absolute Gasteiger partial charge is 0.170 e. The summed E-state index contributed by atoms with van der Waals surface area (Å²) in [5, 5.41) is 15.1. The Morgan fingerprint density at radius 3 is 2.64 bits per heavy atom. The lowest BCUT2D eigenvalue weighted by atomic mass is 10.4. The third-order valence-electron chi connectivity index (χ3n) is 1.31. The van der Waals surface area contributed by atoms with Crippen molar-refractivity contribution in [2.24, 2.45) is 0 Å². The van der Waals surface area contributed by atoms with Gasteiger partial charge in [-0.15, -0.1) is 5.10 Å². The Balaban J connectivity index is 2.96. The van der Waals surface area contributed by atoms with Gasteiger partial charge in [-0.3, -0.25) is 0 Å². The number of fused-ring (bicyclic) bond motifs is 1. The molecule has 0 radical (unpaired) electrons. The lowest BCUT2D eigenvalue weighted by Crippen LogP contribution is -1.91. The molecule has 0 saturated heterocycles. The van der Waals surface area contributed by atoms with Gasteiger partial charge in [0.1, 0.15) is 0 Å². The van der Waals surface area contributed by atoms with Gasteiger partial charge in [0.25, 0.3) is 0 Å². The first-order valence-electron chi connectivity index (χ1n) is 2.90. The van der Waals surface area contributed by atoms with E-state index in [1.807, 2.05) is 29.5 Å². The standard InChI is InChI=1S/C5H3IN4O/c1-2-3-4(10-11-9-3)5(6)8-7-2/h1H3. The van der Waals surface area contributed by atoms with Crippen LogP contribution in [0.15, 0.2) is 4.63 Å². The highest BCUT2D eigenvalue weighted by Gasteiger charge is 2.08. The largest absolute Gasteiger partial charge is 0.243 e. The first-order chi connectivity index (χ1) is 5.29. The quantitative estimate of drug-likeness (QED) is 0.660. The predicted octanol–water partition coefficient (Wildman–Crippen LogP) is 0.926. The molecule has 0 aliphatic rings. The van der Waals surface area contributed by atoms with E-state index in [0.717, 1.165) is 5.69 Å². The second-order valence-corrected chi connectivity index (χ2v) is 3.06. The van der Waals surface area contributed by atoms with Crippen LogP contribution in [0.25, 0.3) is 11.0 Å². The molecule has 0 spiro atoms. The molecule has 56 valence electrons. The van der Waals surface area contributed by atoms with Crippen LogP contribution in [-0.4, -0.2) is 20.5 Å². The van der Waals surface area contributed by atoms with Crippen LogP contribution in [0.4, 0.5) is 0 Å². The van der Waals surface area contributed by atoms with E-state index in [0.29, 0.717) is 14.7 Å². The van der Waals surface area contributed by atoms with Gasteiger partial charge in [-0.1, -0.05) is 0 Å². The number of hydrogen-bond donors (Lipinski definition) is 0. The minimum atomic E-state index is 0.679. The topological polar surface area (TPSA) is 64.7 Å². The van der Waals surface area contributed by atoms with Crippen LogP contribution in [0.5, 0.6) is 0 Å². The zero-order valence-corrected chi connectivity index (χ0v) is 7.73. The summed E-state index contributed by atoms with van der Waals surface area (Å²) in [6.45, 7) is 1.82. The number of aromatic nitrogens is 4. The summed E-state index contributed by atoms with van der Waals surface area (Å²) in [4.78, 5) is 0. The molecule has 0 amide bonds. The summed E-state index contributed by atoms with van der Waals surface area (Å²) in [7, 11) is 0. The average molecular weight is 262 g/mol. The summed E-state index contributed by atoms with van der Waals surface area (Å²) in [5.41, 5.74) is 2.10. The number of hydrogen-bond acceptors (Lipinski definition) is 5. The second-order valence-electron chi connectivity index (χ2n) is 2.04. The fourth-order valence-corrected chi connectivity index (χ4v) is 1.24. The van der Waals surface area contributed by atoms with Crippen LogP contribution >= 0.6 is 22.6 Å². The van der Waals surface area contributed by atoms with Gasteiger partial charge in [0.2, 0.25) is 0 Å². The molecular weight excluding hydrogens is 259 g/mol. The summed E-state index contributed by atoms with van der Waals surface area (Å²) >= 11 is 2.04. The van der Waals surface area contributed by atoms with Gasteiger partial charge in [0, 0.05) is 0 Å². The molecule has 2 aromatic heterocycles. The van der Waals surface area contributed by atoms with E-state index in [4.69, 9.17) is 0 Å². The van der Waals surface area contributed by atoms with Crippen molar-refractivity contribution in [2.75, 3.05) is 0 Å². The molecule has 0 unspecified atom stereocenters. The van der Waals surface area contributed by atoms with Gasteiger partial charge in [-0.25, -0.2) is 4.63 Å². The number of rotatable bonds is 0. The summed E-state index contributed by atoms with van der Waals surface area (Å²) in [5.74, 6) is 0. The molecule has 2 aromatic rings. The SMILES string of the molecule is Cc1nnc(I)c2nonc12. The highest BCUT2D eigenvalue weighted by Crippen LogP contribution is 2.15. The average Bonchev–Trinajstić information content (AvgIpc) is 2.45. The molecular formula is C5H3IN4O. The Morgan fingerprint density at radius 2 is 1.91 bits per heavy atom. The van der Waals surface area contributed by atoms with Gasteiger partial charge in [0.05, 0.1) is 5.69 Å². The molecule has 0 N–H and O–H groups in total. The Morgan fingerprint density at radius 1 is 1.18 bits per heavy atom. The summed E-state index contributed by atoms with van der Waals surface area (Å²) in [6.07, 6.45) is 0. The fourth-order valence-electron chi connectivity index (χ4n) is 0.775. The van der Waals surface area contributed by atoms with Crippen molar-refractivity contribution in [3.63, 3.8) is 0 Å². The van der Waals surface area contributed by atoms with Crippen molar-refractivity contribution in [1.29, 1.82) is 0 Å². The highest BCUT2D eigenvalue weighted by atomic mass is 127. The van der Waals surface area contributed by atoms with Crippen LogP contribution in [0.2, 0.25) is 0 Å². The Bertz CT molecular complexity index is 362. The van der Waals surface area contributed by atoms with E-state index in [1.165, 1.54) is 0 Å². The molecule has 0 fully saturated rings. The molecule has 0 bridgehead atoms. The van der Waals surface area contributed by atoms with Crippen molar-refractivity contribution in [2.45, 2.75) is 6.92 Å². The maximum Gasteiger partial charge on any atom is 0.170 e. The zero-order chi connectivity index (χ0) is 7.84. The van der Waals surface area contributed by atoms with E-state index in [1.54, 1.807) is 0 Å². The second kappa shape index (κ2) is 2.36. The molecule has 5 nitrogen and oxygen atoms in total. The summed E-state index contributed by atoms with van der Waals surface area (Å²) in [6, 6.07) is 0. The lowest BCUT2D eigenvalue weighted by molar-refractivity contribution is 0.315. The number of halogens is 1. The fraction of sp³-hybridized carbons (Fsp3) is 0.200. The Hall–Kier alpha value is -0.790. The first-order valence-corrected chi connectivity index (χ1v) is 3.98. The van der Waals surface area contributed by atoms with Gasteiger partial charge < -0.3 is 0 Å². The van der Waals surface area contributed by atoms with Gasteiger partial charge in [-0.2, -0.15) is 5.10 Å². The van der Waals surface area contributed by atoms with E-state index >= 15 is 0 Å². The van der Waals surface area contributed by atoms with Gasteiger partial charge in [-0.05, 0) is 39.8 Å². The maximum absolute atomic E-state index is 4.54. The van der Waals surface area contributed by atoms with Crippen LogP contribution in [0.1, 0.15) is 5.69 Å². The third kappa shape index (κ3) is 0.971. The van der Waals surface area contributed by atoms with Crippen molar-refractivity contribution in [3.8, 4) is 0 Å². The molecule has 2 rings (SSSR count). The van der Waals surface area contributed by atoms with Crippen molar-refractivity contribution < 1.29 is 4.63 Å². The molecule has 6 heteroatoms. The van der Waals surface area contributed by atoms with Crippen molar-refractivity contribution in [1.82, 2.24) is 20.5 Å². The molecule has 0 aromatic carbocycles. The van der Waals surface area contributed by atoms with Gasteiger partial charge in [0.15, 0.2) is 14.7 Å². The zero-order valence-electron chi connectivity index (χ0n) is 5.58. The molecule has 11 heavy (non-hydrogen) atoms. The molecule has 0 aliphatic heterocycles. The molecule has 0 saturated carbocycles. The molecule has 0 aliphatic carbocycles. The minimum Gasteiger partial charge on any atom is -0.243 e. The summed E-state index contributed by atoms with van der Waals surface area (Å²) < 4.78 is 5.25. The maximum atomic E-state index is 4.54. The van der Waals surface area contributed by atoms with Crippen LogP contribution < -0.4 is 0 Å². The molecule has 0 atom stereocenters. The predicted molar refractivity (Wildman–Crippen MR) is 44.8 cm³/mol. The van der Waals surface area contributed by atoms with Crippen LogP contribution in [-0.2, 0) is 0 Å². The van der Waals surface area contributed by atoms with E-state index in [9.17, 15) is 0 Å². The molecule has 2 heterocycles. The van der Waals surface area contributed by atoms with Crippen LogP contribution in [0, 0.1) is 10.6 Å². The Kier molecular flexibility index (Phi) is 1.48. The van der Waals surface area contributed by atoms with E-state index < -0.39 is 0 Å². The first kappa shape index (κ1) is 6.89. The minimum absolute atomic E-state index is 0.679. The van der Waals surface area contributed by atoms with Crippen LogP contribution in [0.3, 0.4) is 0 Å². The number of aryl methyl sites for hydroxylation is 1. The van der Waals surface area contributed by atoms with E-state index in [-0.39, 0.29) is 0 Å². The highest BCUT2D eigenvalue weighted by molar-refractivity contribution is 14.1. The number of nitrogens with zero attached hydrogens (tertiary/aromatic N) is 4. The third-order valence-corrected chi connectivity index (χ3v) is 2.04. The van der Waals surface area contributed by atoms with Crippen molar-refractivity contribution in [3.05, 3.63) is 9.39 Å². The Labute approximate surface area is 75.3 Å². The lowest BCUT2D eigenvalue weighted by Gasteiger charge is -1.89. The van der Waals surface area contributed by atoms with Crippen molar-refractivity contribution >= 4 is 33.6 Å². The normalized spacial score (nSPS) is 10.7.